The fourth-order valence-corrected chi connectivity index (χ4v) is 2.03. The average molecular weight is 352 g/mol. The molecule has 21 heavy (non-hydrogen) atoms. The number of nitrogens with one attached hydrogen (secondary N) is 1. The molecule has 116 valence electrons. The Balaban J connectivity index is 2.48. The van der Waals surface area contributed by atoms with Gasteiger partial charge in [0.2, 0.25) is 0 Å². The number of amides is 1. The smallest absolute Gasteiger partial charge is 0.277 e. The van der Waals surface area contributed by atoms with Gasteiger partial charge in [-0.05, 0) is 25.8 Å². The zero-order valence-electron chi connectivity index (χ0n) is 11.9. The Morgan fingerprint density at radius 2 is 1.90 bits per heavy atom. The fraction of sp³-hybridized carbons (Fsp3) is 0.429. The SMILES string of the molecule is CCCC/C(C)=N/NC(=O)COc1cc(Cl)c(Cl)cc1Cl. The number of ether oxygens (including phenoxy) is 1. The molecule has 0 saturated heterocycles. The van der Waals surface area contributed by atoms with Gasteiger partial charge in [-0.2, -0.15) is 5.10 Å². The molecule has 0 radical (unpaired) electrons. The van der Waals surface area contributed by atoms with Crippen LogP contribution in [-0.2, 0) is 4.79 Å². The zero-order valence-corrected chi connectivity index (χ0v) is 14.1. The van der Waals surface area contributed by atoms with E-state index in [0.29, 0.717) is 20.8 Å². The molecule has 7 heteroatoms. The highest BCUT2D eigenvalue weighted by Crippen LogP contribution is 2.33. The summed E-state index contributed by atoms with van der Waals surface area (Å²) in [5, 5.41) is 4.91. The number of unbranched alkanes of at least 4 members (excludes halogenated alkanes) is 1. The van der Waals surface area contributed by atoms with Crippen LogP contribution < -0.4 is 10.2 Å². The minimum atomic E-state index is -0.368. The lowest BCUT2D eigenvalue weighted by Gasteiger charge is -2.08. The first kappa shape index (κ1) is 18.1. The second-order valence-electron chi connectivity index (χ2n) is 4.47. The molecule has 1 amide bonds. The summed E-state index contributed by atoms with van der Waals surface area (Å²) in [7, 11) is 0. The molecule has 0 saturated carbocycles. The van der Waals surface area contributed by atoms with Gasteiger partial charge >= 0.3 is 0 Å². The number of benzene rings is 1. The largest absolute Gasteiger partial charge is 0.482 e. The lowest BCUT2D eigenvalue weighted by Crippen LogP contribution is -2.25. The summed E-state index contributed by atoms with van der Waals surface area (Å²) in [4.78, 5) is 11.6. The van der Waals surface area contributed by atoms with Crippen LogP contribution >= 0.6 is 34.8 Å². The molecule has 0 spiro atoms. The molecular weight excluding hydrogens is 335 g/mol. The normalized spacial score (nSPS) is 11.4. The van der Waals surface area contributed by atoms with Crippen LogP contribution in [0.25, 0.3) is 0 Å². The van der Waals surface area contributed by atoms with Gasteiger partial charge in [-0.25, -0.2) is 5.43 Å². The Morgan fingerprint density at radius 3 is 2.57 bits per heavy atom. The van der Waals surface area contributed by atoms with Gasteiger partial charge in [0.25, 0.3) is 5.91 Å². The molecule has 0 bridgehead atoms. The van der Waals surface area contributed by atoms with Crippen LogP contribution in [0.2, 0.25) is 15.1 Å². The molecule has 0 heterocycles. The highest BCUT2D eigenvalue weighted by atomic mass is 35.5. The monoisotopic (exact) mass is 350 g/mol. The molecule has 0 aromatic heterocycles. The molecule has 0 unspecified atom stereocenters. The summed E-state index contributed by atoms with van der Waals surface area (Å²) in [5.41, 5.74) is 3.30. The van der Waals surface area contributed by atoms with Gasteiger partial charge in [0.05, 0.1) is 15.1 Å². The minimum Gasteiger partial charge on any atom is -0.482 e. The number of nitrogens with zero attached hydrogens (tertiary/aromatic N) is 1. The number of hydrogen-bond acceptors (Lipinski definition) is 3. The van der Waals surface area contributed by atoms with E-state index in [4.69, 9.17) is 39.5 Å². The summed E-state index contributed by atoms with van der Waals surface area (Å²) in [6.45, 7) is 3.76. The summed E-state index contributed by atoms with van der Waals surface area (Å²) in [6.07, 6.45) is 2.98. The van der Waals surface area contributed by atoms with Gasteiger partial charge in [0.1, 0.15) is 5.75 Å². The van der Waals surface area contributed by atoms with Crippen molar-refractivity contribution in [3.05, 3.63) is 27.2 Å². The van der Waals surface area contributed by atoms with Crippen LogP contribution in [0.4, 0.5) is 0 Å². The Hall–Kier alpha value is -0.970. The summed E-state index contributed by atoms with van der Waals surface area (Å²) >= 11 is 17.6. The van der Waals surface area contributed by atoms with Crippen LogP contribution in [0, 0.1) is 0 Å². The topological polar surface area (TPSA) is 50.7 Å². The van der Waals surface area contributed by atoms with E-state index in [1.807, 2.05) is 6.92 Å². The molecule has 0 aliphatic rings. The molecule has 1 aromatic rings. The number of rotatable bonds is 7. The first-order chi connectivity index (χ1) is 9.93. The maximum Gasteiger partial charge on any atom is 0.277 e. The van der Waals surface area contributed by atoms with Crippen LogP contribution in [0.5, 0.6) is 5.75 Å². The van der Waals surface area contributed by atoms with Crippen molar-refractivity contribution in [2.75, 3.05) is 6.61 Å². The minimum absolute atomic E-state index is 0.206. The van der Waals surface area contributed by atoms with E-state index in [9.17, 15) is 4.79 Å². The Bertz CT molecular complexity index is 533. The van der Waals surface area contributed by atoms with Gasteiger partial charge in [-0.1, -0.05) is 48.1 Å². The molecule has 0 aliphatic carbocycles. The number of carbonyl (C=O) groups is 1. The van der Waals surface area contributed by atoms with Gasteiger partial charge in [-0.15, -0.1) is 0 Å². The van der Waals surface area contributed by atoms with Crippen molar-refractivity contribution >= 4 is 46.4 Å². The predicted molar refractivity (Wildman–Crippen MR) is 87.7 cm³/mol. The van der Waals surface area contributed by atoms with Crippen LogP contribution in [-0.4, -0.2) is 18.2 Å². The van der Waals surface area contributed by atoms with Crippen molar-refractivity contribution in [1.82, 2.24) is 5.43 Å². The fourth-order valence-electron chi connectivity index (χ4n) is 1.44. The van der Waals surface area contributed by atoms with Gasteiger partial charge in [0, 0.05) is 11.8 Å². The van der Waals surface area contributed by atoms with Gasteiger partial charge < -0.3 is 4.74 Å². The van der Waals surface area contributed by atoms with E-state index >= 15 is 0 Å². The second-order valence-corrected chi connectivity index (χ2v) is 5.69. The predicted octanol–water partition coefficient (Wildman–Crippen LogP) is 4.71. The third-order valence-corrected chi connectivity index (χ3v) is 3.61. The molecule has 4 nitrogen and oxygen atoms in total. The van der Waals surface area contributed by atoms with Crippen LogP contribution in [0.3, 0.4) is 0 Å². The van der Waals surface area contributed by atoms with Crippen molar-refractivity contribution in [3.63, 3.8) is 0 Å². The summed E-state index contributed by atoms with van der Waals surface area (Å²) in [6, 6.07) is 2.93. The maximum absolute atomic E-state index is 11.6. The average Bonchev–Trinajstić information content (AvgIpc) is 2.45. The number of hydrazone groups is 1. The number of hydrogen-bond donors (Lipinski definition) is 1. The Labute approximate surface area is 139 Å². The Kier molecular flexibility index (Phi) is 7.86. The van der Waals surface area contributed by atoms with Crippen molar-refractivity contribution in [1.29, 1.82) is 0 Å². The lowest BCUT2D eigenvalue weighted by atomic mass is 10.2. The van der Waals surface area contributed by atoms with Crippen molar-refractivity contribution < 1.29 is 9.53 Å². The first-order valence-electron chi connectivity index (χ1n) is 6.53. The highest BCUT2D eigenvalue weighted by molar-refractivity contribution is 6.43. The van der Waals surface area contributed by atoms with E-state index in [-0.39, 0.29) is 12.5 Å². The van der Waals surface area contributed by atoms with E-state index in [1.54, 1.807) is 0 Å². The molecule has 0 fully saturated rings. The van der Waals surface area contributed by atoms with Gasteiger partial charge in [0.15, 0.2) is 6.61 Å². The van der Waals surface area contributed by atoms with Crippen LogP contribution in [0.15, 0.2) is 17.2 Å². The van der Waals surface area contributed by atoms with Crippen molar-refractivity contribution in [2.24, 2.45) is 5.10 Å². The molecule has 1 N–H and O–H groups in total. The van der Waals surface area contributed by atoms with Crippen LogP contribution in [0.1, 0.15) is 33.1 Å². The Morgan fingerprint density at radius 1 is 1.24 bits per heavy atom. The van der Waals surface area contributed by atoms with Crippen molar-refractivity contribution in [2.45, 2.75) is 33.1 Å². The third kappa shape index (κ3) is 6.55. The molecular formula is C14H17Cl3N2O2. The second kappa shape index (κ2) is 9.13. The van der Waals surface area contributed by atoms with E-state index in [0.717, 1.165) is 25.0 Å². The number of carbonyl (C=O) groups excluding carboxylic acids is 1. The summed E-state index contributed by atoms with van der Waals surface area (Å²) in [5.74, 6) is -0.0686. The third-order valence-electron chi connectivity index (χ3n) is 2.60. The molecule has 1 rings (SSSR count). The first-order valence-corrected chi connectivity index (χ1v) is 7.66. The van der Waals surface area contributed by atoms with E-state index in [2.05, 4.69) is 17.5 Å². The van der Waals surface area contributed by atoms with Gasteiger partial charge in [-0.3, -0.25) is 4.79 Å². The summed E-state index contributed by atoms with van der Waals surface area (Å²) < 4.78 is 5.29. The van der Waals surface area contributed by atoms with Crippen molar-refractivity contribution in [3.8, 4) is 5.75 Å². The zero-order chi connectivity index (χ0) is 15.8. The number of halogens is 3. The molecule has 1 aromatic carbocycles. The quantitative estimate of drug-likeness (QED) is 0.439. The highest BCUT2D eigenvalue weighted by Gasteiger charge is 2.09. The standard InChI is InChI=1S/C14H17Cl3N2O2/c1-3-4-5-9(2)18-19-14(20)8-21-13-7-11(16)10(15)6-12(13)17/h6-7H,3-5,8H2,1-2H3,(H,19,20)/b18-9+. The van der Waals surface area contributed by atoms with E-state index < -0.39 is 0 Å². The lowest BCUT2D eigenvalue weighted by molar-refractivity contribution is -0.123. The molecule has 0 atom stereocenters. The maximum atomic E-state index is 11.6. The molecule has 0 aliphatic heterocycles. The van der Waals surface area contributed by atoms with E-state index in [1.165, 1.54) is 12.1 Å².